The number of phenolic OH excluding ortho intramolecular Hbond substituents is 1. The van der Waals surface area contributed by atoms with Gasteiger partial charge in [0.05, 0.1) is 21.3 Å². The smallest absolute Gasteiger partial charge is 0.345 e. The number of rotatable bonds is 3. The van der Waals surface area contributed by atoms with E-state index in [0.717, 1.165) is 0 Å². The molecule has 0 aliphatic rings. The van der Waals surface area contributed by atoms with Crippen LogP contribution in [-0.4, -0.2) is 32.4 Å². The lowest BCUT2D eigenvalue weighted by atomic mass is 10.1. The van der Waals surface area contributed by atoms with E-state index in [4.69, 9.17) is 13.9 Å². The number of carbonyl (C=O) groups is 1. The van der Waals surface area contributed by atoms with Gasteiger partial charge in [-0.15, -0.1) is 0 Å². The van der Waals surface area contributed by atoms with E-state index in [1.807, 2.05) is 0 Å². The monoisotopic (exact) mass is 330 g/mol. The molecule has 0 atom stereocenters. The van der Waals surface area contributed by atoms with Crippen molar-refractivity contribution in [3.63, 3.8) is 0 Å². The van der Waals surface area contributed by atoms with E-state index < -0.39 is 17.1 Å². The van der Waals surface area contributed by atoms with Crippen molar-refractivity contribution in [3.05, 3.63) is 40.1 Å². The van der Waals surface area contributed by atoms with E-state index in [9.17, 15) is 14.7 Å². The molecule has 0 spiro atoms. The standard InChI is InChI=1S/C17H14O7/c1-21-9-5-4-6-10-13(9)15(19)14-11(22-2)7-8(18)12(16(14)24-10)17(20)23-3/h4-7,18H,1-3H3. The number of phenols is 1. The van der Waals surface area contributed by atoms with Crippen LogP contribution in [0.4, 0.5) is 0 Å². The van der Waals surface area contributed by atoms with E-state index in [1.54, 1.807) is 18.2 Å². The van der Waals surface area contributed by atoms with Crippen molar-refractivity contribution < 1.29 is 28.5 Å². The summed E-state index contributed by atoms with van der Waals surface area (Å²) < 4.78 is 20.8. The number of esters is 1. The zero-order valence-electron chi connectivity index (χ0n) is 13.2. The first-order valence-corrected chi connectivity index (χ1v) is 6.95. The summed E-state index contributed by atoms with van der Waals surface area (Å²) in [6.45, 7) is 0. The van der Waals surface area contributed by atoms with Crippen LogP contribution in [0.25, 0.3) is 21.9 Å². The Kier molecular flexibility index (Phi) is 3.76. The first-order valence-electron chi connectivity index (χ1n) is 6.95. The molecule has 0 radical (unpaired) electrons. The van der Waals surface area contributed by atoms with Crippen LogP contribution in [0.2, 0.25) is 0 Å². The van der Waals surface area contributed by atoms with Crippen LogP contribution in [0.5, 0.6) is 17.2 Å². The molecule has 2 aromatic carbocycles. The molecule has 3 aromatic rings. The zero-order chi connectivity index (χ0) is 17.4. The lowest BCUT2D eigenvalue weighted by Crippen LogP contribution is -2.10. The van der Waals surface area contributed by atoms with Crippen LogP contribution < -0.4 is 14.9 Å². The quantitative estimate of drug-likeness (QED) is 0.582. The molecule has 0 bridgehead atoms. The fourth-order valence-electron chi connectivity index (χ4n) is 2.62. The number of hydrogen-bond acceptors (Lipinski definition) is 7. The second-order valence-corrected chi connectivity index (χ2v) is 4.93. The summed E-state index contributed by atoms with van der Waals surface area (Å²) in [4.78, 5) is 25.0. The van der Waals surface area contributed by atoms with Gasteiger partial charge < -0.3 is 23.7 Å². The minimum Gasteiger partial charge on any atom is -0.507 e. The van der Waals surface area contributed by atoms with Gasteiger partial charge in [-0.3, -0.25) is 4.79 Å². The highest BCUT2D eigenvalue weighted by Gasteiger charge is 2.25. The largest absolute Gasteiger partial charge is 0.507 e. The molecular weight excluding hydrogens is 316 g/mol. The van der Waals surface area contributed by atoms with Crippen LogP contribution in [0.15, 0.2) is 33.5 Å². The summed E-state index contributed by atoms with van der Waals surface area (Å²) in [7, 11) is 3.95. The maximum atomic E-state index is 13.0. The molecule has 0 saturated carbocycles. The number of hydrogen-bond donors (Lipinski definition) is 1. The molecule has 0 saturated heterocycles. The third-order valence-corrected chi connectivity index (χ3v) is 3.71. The number of benzene rings is 2. The zero-order valence-corrected chi connectivity index (χ0v) is 13.2. The summed E-state index contributed by atoms with van der Waals surface area (Å²) in [6, 6.07) is 6.01. The summed E-state index contributed by atoms with van der Waals surface area (Å²) in [5.74, 6) is -0.822. The number of carbonyl (C=O) groups excluding carboxylic acids is 1. The predicted octanol–water partition coefficient (Wildman–Crippen LogP) is 2.46. The average molecular weight is 330 g/mol. The molecule has 1 N–H and O–H groups in total. The lowest BCUT2D eigenvalue weighted by Gasteiger charge is -2.12. The molecule has 0 amide bonds. The Balaban J connectivity index is 2.61. The molecule has 24 heavy (non-hydrogen) atoms. The fraction of sp³-hybridized carbons (Fsp3) is 0.176. The summed E-state index contributed by atoms with van der Waals surface area (Å²) in [6.07, 6.45) is 0. The third kappa shape index (κ3) is 2.13. The van der Waals surface area contributed by atoms with Crippen molar-refractivity contribution in [2.75, 3.05) is 21.3 Å². The van der Waals surface area contributed by atoms with E-state index in [0.29, 0.717) is 5.75 Å². The Bertz CT molecular complexity index is 1020. The van der Waals surface area contributed by atoms with E-state index >= 15 is 0 Å². The summed E-state index contributed by atoms with van der Waals surface area (Å²) in [5.41, 5.74) is -0.574. The van der Waals surface area contributed by atoms with Crippen molar-refractivity contribution in [3.8, 4) is 17.2 Å². The Hall–Kier alpha value is -3.22. The van der Waals surface area contributed by atoms with Crippen LogP contribution in [0.3, 0.4) is 0 Å². The minimum absolute atomic E-state index is 0.0210. The maximum absolute atomic E-state index is 13.0. The highest BCUT2D eigenvalue weighted by molar-refractivity contribution is 6.08. The molecule has 7 heteroatoms. The van der Waals surface area contributed by atoms with Crippen molar-refractivity contribution >= 4 is 27.9 Å². The SMILES string of the molecule is COC(=O)c1c(O)cc(OC)c2c(=O)c3c(OC)cccc3oc12. The highest BCUT2D eigenvalue weighted by Crippen LogP contribution is 2.36. The molecule has 3 rings (SSSR count). The Labute approximate surface area is 136 Å². The van der Waals surface area contributed by atoms with Crippen molar-refractivity contribution in [1.82, 2.24) is 0 Å². The van der Waals surface area contributed by atoms with Crippen LogP contribution in [-0.2, 0) is 4.74 Å². The van der Waals surface area contributed by atoms with Gasteiger partial charge in [-0.05, 0) is 12.1 Å². The van der Waals surface area contributed by atoms with Gasteiger partial charge in [0.2, 0.25) is 5.43 Å². The molecule has 0 unspecified atom stereocenters. The molecule has 0 aliphatic heterocycles. The molecule has 0 fully saturated rings. The average Bonchev–Trinajstić information content (AvgIpc) is 2.59. The van der Waals surface area contributed by atoms with E-state index in [1.165, 1.54) is 27.4 Å². The fourth-order valence-corrected chi connectivity index (χ4v) is 2.62. The topological polar surface area (TPSA) is 95.2 Å². The van der Waals surface area contributed by atoms with Gasteiger partial charge in [0.25, 0.3) is 0 Å². The number of methoxy groups -OCH3 is 3. The van der Waals surface area contributed by atoms with Gasteiger partial charge in [0.15, 0.2) is 5.58 Å². The second-order valence-electron chi connectivity index (χ2n) is 4.93. The molecule has 1 heterocycles. The van der Waals surface area contributed by atoms with E-state index in [2.05, 4.69) is 4.74 Å². The highest BCUT2D eigenvalue weighted by atomic mass is 16.5. The van der Waals surface area contributed by atoms with Gasteiger partial charge in [-0.25, -0.2) is 4.79 Å². The molecule has 0 aliphatic carbocycles. The second kappa shape index (κ2) is 5.77. The normalized spacial score (nSPS) is 10.8. The van der Waals surface area contributed by atoms with Crippen molar-refractivity contribution in [1.29, 1.82) is 0 Å². The van der Waals surface area contributed by atoms with Crippen LogP contribution in [0, 0.1) is 0 Å². The molecular formula is C17H14O7. The van der Waals surface area contributed by atoms with Gasteiger partial charge in [0.1, 0.15) is 39.2 Å². The predicted molar refractivity (Wildman–Crippen MR) is 86.1 cm³/mol. The number of fused-ring (bicyclic) bond motifs is 2. The lowest BCUT2D eigenvalue weighted by molar-refractivity contribution is 0.0598. The maximum Gasteiger partial charge on any atom is 0.345 e. The number of ether oxygens (including phenoxy) is 3. The third-order valence-electron chi connectivity index (χ3n) is 3.71. The van der Waals surface area contributed by atoms with Gasteiger partial charge in [0, 0.05) is 6.07 Å². The van der Waals surface area contributed by atoms with Gasteiger partial charge >= 0.3 is 5.97 Å². The summed E-state index contributed by atoms with van der Waals surface area (Å²) >= 11 is 0. The van der Waals surface area contributed by atoms with Crippen molar-refractivity contribution in [2.24, 2.45) is 0 Å². The van der Waals surface area contributed by atoms with E-state index in [-0.39, 0.29) is 33.3 Å². The number of aromatic hydroxyl groups is 1. The summed E-state index contributed by atoms with van der Waals surface area (Å²) in [5, 5.41) is 10.4. The Morgan fingerprint density at radius 3 is 2.42 bits per heavy atom. The Morgan fingerprint density at radius 1 is 1.08 bits per heavy atom. The van der Waals surface area contributed by atoms with Crippen LogP contribution in [0.1, 0.15) is 10.4 Å². The minimum atomic E-state index is -0.828. The molecule has 124 valence electrons. The van der Waals surface area contributed by atoms with Gasteiger partial charge in [-0.1, -0.05) is 6.07 Å². The molecule has 1 aromatic heterocycles. The first kappa shape index (κ1) is 15.7. The van der Waals surface area contributed by atoms with Crippen LogP contribution >= 0.6 is 0 Å². The van der Waals surface area contributed by atoms with Crippen molar-refractivity contribution in [2.45, 2.75) is 0 Å². The van der Waals surface area contributed by atoms with Gasteiger partial charge in [-0.2, -0.15) is 0 Å². The molecule has 7 nitrogen and oxygen atoms in total. The Morgan fingerprint density at radius 2 is 1.79 bits per heavy atom. The first-order chi connectivity index (χ1) is 11.5.